The molecule has 0 N–H and O–H groups in total. The number of nitrogens with zero attached hydrogens (tertiary/aromatic N) is 2. The molecule has 21 heavy (non-hydrogen) atoms. The van der Waals surface area contributed by atoms with Gasteiger partial charge in [0, 0.05) is 19.2 Å². The van der Waals surface area contributed by atoms with E-state index in [-0.39, 0.29) is 18.5 Å². The second-order valence-corrected chi connectivity index (χ2v) is 4.84. The second-order valence-electron chi connectivity index (χ2n) is 4.84. The molecule has 3 rings (SSSR count). The van der Waals surface area contributed by atoms with Crippen molar-refractivity contribution in [3.05, 3.63) is 41.3 Å². The third kappa shape index (κ3) is 2.69. The highest BCUT2D eigenvalue weighted by molar-refractivity contribution is 5.91. The summed E-state index contributed by atoms with van der Waals surface area (Å²) in [6.45, 7) is 5.01. The average molecular weight is 288 g/mol. The lowest BCUT2D eigenvalue weighted by Gasteiger charge is -2.19. The minimum atomic E-state index is -0.171. The number of fused-ring (bicyclic) bond motifs is 1. The molecule has 0 bridgehead atoms. The van der Waals surface area contributed by atoms with Gasteiger partial charge in [-0.05, 0) is 31.5 Å². The first-order valence-electron chi connectivity index (χ1n) is 6.78. The molecule has 1 amide bonds. The van der Waals surface area contributed by atoms with Crippen LogP contribution in [-0.4, -0.2) is 29.3 Å². The van der Waals surface area contributed by atoms with Gasteiger partial charge in [0.05, 0.1) is 5.69 Å². The fourth-order valence-corrected chi connectivity index (χ4v) is 2.21. The Hall–Kier alpha value is -2.50. The number of aryl methyl sites for hydroxylation is 1. The molecule has 0 unspecified atom stereocenters. The van der Waals surface area contributed by atoms with Crippen molar-refractivity contribution in [1.82, 2.24) is 10.1 Å². The fourth-order valence-electron chi connectivity index (χ4n) is 2.21. The molecular formula is C15H16N2O4. The van der Waals surface area contributed by atoms with Crippen molar-refractivity contribution in [2.45, 2.75) is 20.4 Å². The number of amides is 1. The number of benzene rings is 1. The third-order valence-corrected chi connectivity index (χ3v) is 3.32. The maximum Gasteiger partial charge on any atom is 0.292 e. The SMILES string of the molecule is CCN(Cc1ccc2c(c1)OCO2)C(=O)c1cc(C)no1. The highest BCUT2D eigenvalue weighted by Gasteiger charge is 2.20. The minimum Gasteiger partial charge on any atom is -0.454 e. The van der Waals surface area contributed by atoms with Gasteiger partial charge in [-0.3, -0.25) is 4.79 Å². The second kappa shape index (κ2) is 5.47. The molecule has 2 heterocycles. The largest absolute Gasteiger partial charge is 0.454 e. The van der Waals surface area contributed by atoms with Crippen LogP contribution in [0.5, 0.6) is 11.5 Å². The average Bonchev–Trinajstić information content (AvgIpc) is 3.12. The van der Waals surface area contributed by atoms with Crippen molar-refractivity contribution in [2.75, 3.05) is 13.3 Å². The van der Waals surface area contributed by atoms with Crippen molar-refractivity contribution in [1.29, 1.82) is 0 Å². The monoisotopic (exact) mass is 288 g/mol. The molecule has 0 fully saturated rings. The predicted molar refractivity (Wildman–Crippen MR) is 74.2 cm³/mol. The Kier molecular flexibility index (Phi) is 3.51. The van der Waals surface area contributed by atoms with Crippen LogP contribution in [0.3, 0.4) is 0 Å². The van der Waals surface area contributed by atoms with Crippen molar-refractivity contribution in [3.8, 4) is 11.5 Å². The van der Waals surface area contributed by atoms with Gasteiger partial charge in [-0.2, -0.15) is 0 Å². The van der Waals surface area contributed by atoms with Crippen molar-refractivity contribution in [2.24, 2.45) is 0 Å². The number of carbonyl (C=O) groups is 1. The molecule has 0 radical (unpaired) electrons. The minimum absolute atomic E-state index is 0.171. The molecule has 1 aromatic carbocycles. The maximum absolute atomic E-state index is 12.4. The predicted octanol–water partition coefficient (Wildman–Crippen LogP) is 2.37. The maximum atomic E-state index is 12.4. The lowest BCUT2D eigenvalue weighted by Crippen LogP contribution is -2.30. The first-order valence-corrected chi connectivity index (χ1v) is 6.78. The number of aromatic nitrogens is 1. The third-order valence-electron chi connectivity index (χ3n) is 3.32. The Balaban J connectivity index is 1.76. The van der Waals surface area contributed by atoms with Crippen molar-refractivity contribution in [3.63, 3.8) is 0 Å². The van der Waals surface area contributed by atoms with Crippen LogP contribution in [0.4, 0.5) is 0 Å². The van der Waals surface area contributed by atoms with Crippen LogP contribution in [0.25, 0.3) is 0 Å². The van der Waals surface area contributed by atoms with Crippen LogP contribution in [0.15, 0.2) is 28.8 Å². The lowest BCUT2D eigenvalue weighted by molar-refractivity contribution is 0.0710. The standard InChI is InChI=1S/C15H16N2O4/c1-3-17(15(18)14-6-10(2)16-21-14)8-11-4-5-12-13(7-11)20-9-19-12/h4-7H,3,8-9H2,1-2H3. The van der Waals surface area contributed by atoms with Gasteiger partial charge in [0.15, 0.2) is 11.5 Å². The Morgan fingerprint density at radius 2 is 2.10 bits per heavy atom. The van der Waals surface area contributed by atoms with E-state index in [4.69, 9.17) is 14.0 Å². The Morgan fingerprint density at radius 1 is 1.29 bits per heavy atom. The molecular weight excluding hydrogens is 272 g/mol. The fraction of sp³-hybridized carbons (Fsp3) is 0.333. The van der Waals surface area contributed by atoms with Crippen LogP contribution in [-0.2, 0) is 6.54 Å². The molecule has 1 aliphatic heterocycles. The molecule has 6 nitrogen and oxygen atoms in total. The number of hydrogen-bond donors (Lipinski definition) is 0. The molecule has 2 aromatic rings. The molecule has 0 spiro atoms. The summed E-state index contributed by atoms with van der Waals surface area (Å²) in [4.78, 5) is 14.1. The lowest BCUT2D eigenvalue weighted by atomic mass is 10.2. The first-order chi connectivity index (χ1) is 10.2. The zero-order valence-electron chi connectivity index (χ0n) is 12.0. The summed E-state index contributed by atoms with van der Waals surface area (Å²) in [5, 5.41) is 3.75. The van der Waals surface area contributed by atoms with E-state index in [1.165, 1.54) is 0 Å². The van der Waals surface area contributed by atoms with Crippen LogP contribution >= 0.6 is 0 Å². The Morgan fingerprint density at radius 3 is 2.81 bits per heavy atom. The van der Waals surface area contributed by atoms with Gasteiger partial charge in [-0.1, -0.05) is 11.2 Å². The van der Waals surface area contributed by atoms with Gasteiger partial charge in [0.1, 0.15) is 0 Å². The van der Waals surface area contributed by atoms with Gasteiger partial charge in [-0.15, -0.1) is 0 Å². The molecule has 0 aliphatic carbocycles. The molecule has 1 aromatic heterocycles. The topological polar surface area (TPSA) is 64.8 Å². The first kappa shape index (κ1) is 13.5. The van der Waals surface area contributed by atoms with E-state index in [0.29, 0.717) is 24.5 Å². The Bertz CT molecular complexity index is 665. The molecule has 1 aliphatic rings. The van der Waals surface area contributed by atoms with Gasteiger partial charge < -0.3 is 18.9 Å². The number of rotatable bonds is 4. The summed E-state index contributed by atoms with van der Waals surface area (Å²) >= 11 is 0. The summed E-state index contributed by atoms with van der Waals surface area (Å²) in [6, 6.07) is 7.32. The van der Waals surface area contributed by atoms with Crippen molar-refractivity contribution >= 4 is 5.91 Å². The highest BCUT2D eigenvalue weighted by atomic mass is 16.7. The van der Waals surface area contributed by atoms with E-state index in [1.807, 2.05) is 25.1 Å². The molecule has 0 saturated carbocycles. The number of ether oxygens (including phenoxy) is 2. The Labute approximate surface area is 122 Å². The summed E-state index contributed by atoms with van der Waals surface area (Å²) in [6.07, 6.45) is 0. The smallest absolute Gasteiger partial charge is 0.292 e. The van der Waals surface area contributed by atoms with Crippen LogP contribution in [0, 0.1) is 6.92 Å². The van der Waals surface area contributed by atoms with Gasteiger partial charge in [0.25, 0.3) is 5.91 Å². The van der Waals surface area contributed by atoms with E-state index in [2.05, 4.69) is 5.16 Å². The van der Waals surface area contributed by atoms with E-state index in [9.17, 15) is 4.79 Å². The van der Waals surface area contributed by atoms with E-state index < -0.39 is 0 Å². The molecule has 0 atom stereocenters. The summed E-state index contributed by atoms with van der Waals surface area (Å²) in [7, 11) is 0. The zero-order valence-corrected chi connectivity index (χ0v) is 12.0. The quantitative estimate of drug-likeness (QED) is 0.864. The van der Waals surface area contributed by atoms with Gasteiger partial charge in [-0.25, -0.2) is 0 Å². The summed E-state index contributed by atoms with van der Waals surface area (Å²) < 4.78 is 15.7. The highest BCUT2D eigenvalue weighted by Crippen LogP contribution is 2.32. The van der Waals surface area contributed by atoms with Gasteiger partial charge >= 0.3 is 0 Å². The normalized spacial score (nSPS) is 12.5. The van der Waals surface area contributed by atoms with Gasteiger partial charge in [0.2, 0.25) is 12.6 Å². The summed E-state index contributed by atoms with van der Waals surface area (Å²) in [5.74, 6) is 1.54. The molecule has 0 saturated heterocycles. The zero-order chi connectivity index (χ0) is 14.8. The van der Waals surface area contributed by atoms with E-state index in [1.54, 1.807) is 17.9 Å². The summed E-state index contributed by atoms with van der Waals surface area (Å²) in [5.41, 5.74) is 1.67. The number of hydrogen-bond acceptors (Lipinski definition) is 5. The van der Waals surface area contributed by atoms with Crippen LogP contribution in [0.2, 0.25) is 0 Å². The van der Waals surface area contributed by atoms with Crippen LogP contribution < -0.4 is 9.47 Å². The molecule has 6 heteroatoms. The number of carbonyl (C=O) groups excluding carboxylic acids is 1. The van der Waals surface area contributed by atoms with Crippen LogP contribution in [0.1, 0.15) is 28.7 Å². The van der Waals surface area contributed by atoms with Crippen molar-refractivity contribution < 1.29 is 18.8 Å². The van der Waals surface area contributed by atoms with E-state index in [0.717, 1.165) is 11.3 Å². The molecule has 110 valence electrons. The van der Waals surface area contributed by atoms with E-state index >= 15 is 0 Å².